The molecule has 25 heavy (non-hydrogen) atoms. The summed E-state index contributed by atoms with van der Waals surface area (Å²) in [5.41, 5.74) is 2.74. The average Bonchev–Trinajstić information content (AvgIpc) is 2.66. The van der Waals surface area contributed by atoms with E-state index in [9.17, 15) is 5.11 Å². The van der Waals surface area contributed by atoms with Crippen LogP contribution in [0.5, 0.6) is 5.75 Å². The molecule has 0 bridgehead atoms. The van der Waals surface area contributed by atoms with Crippen LogP contribution in [-0.4, -0.2) is 35.0 Å². The van der Waals surface area contributed by atoms with E-state index in [2.05, 4.69) is 11.9 Å². The van der Waals surface area contributed by atoms with Gasteiger partial charge in [-0.2, -0.15) is 0 Å². The Morgan fingerprint density at radius 1 is 1.08 bits per heavy atom. The Morgan fingerprint density at radius 3 is 2.40 bits per heavy atom. The van der Waals surface area contributed by atoms with Crippen LogP contribution < -0.4 is 4.74 Å². The van der Waals surface area contributed by atoms with E-state index in [4.69, 9.17) is 14.6 Å². The number of aromatic nitrogens is 1. The molecule has 0 saturated heterocycles. The number of benzene rings is 1. The predicted molar refractivity (Wildman–Crippen MR) is 96.6 cm³/mol. The van der Waals surface area contributed by atoms with E-state index in [1.807, 2.05) is 43.3 Å². The van der Waals surface area contributed by atoms with Gasteiger partial charge in [-0.05, 0) is 42.7 Å². The third-order valence-corrected chi connectivity index (χ3v) is 4.02. The van der Waals surface area contributed by atoms with Gasteiger partial charge in [0.1, 0.15) is 18.5 Å². The first-order chi connectivity index (χ1) is 12.2. The quantitative estimate of drug-likeness (QED) is 0.692. The Balaban J connectivity index is 1.91. The van der Waals surface area contributed by atoms with Crippen LogP contribution in [0.15, 0.2) is 42.6 Å². The molecule has 1 heterocycles. The number of hydrogen-bond acceptors (Lipinski definition) is 5. The number of aliphatic hydroxyl groups excluding tert-OH is 2. The van der Waals surface area contributed by atoms with E-state index < -0.39 is 6.10 Å². The molecule has 0 saturated carbocycles. The molecule has 1 aromatic carbocycles. The summed E-state index contributed by atoms with van der Waals surface area (Å²) in [6.45, 7) is 4.82. The lowest BCUT2D eigenvalue weighted by molar-refractivity contribution is 0.0431. The van der Waals surface area contributed by atoms with Crippen molar-refractivity contribution in [2.45, 2.75) is 38.9 Å². The van der Waals surface area contributed by atoms with E-state index >= 15 is 0 Å². The molecule has 0 amide bonds. The monoisotopic (exact) mass is 345 g/mol. The summed E-state index contributed by atoms with van der Waals surface area (Å²) < 4.78 is 11.3. The zero-order chi connectivity index (χ0) is 18.1. The van der Waals surface area contributed by atoms with Gasteiger partial charge in [0.05, 0.1) is 11.8 Å². The summed E-state index contributed by atoms with van der Waals surface area (Å²) in [6, 6.07) is 11.3. The van der Waals surface area contributed by atoms with Crippen molar-refractivity contribution in [3.63, 3.8) is 0 Å². The topological polar surface area (TPSA) is 71.8 Å². The minimum atomic E-state index is -0.767. The van der Waals surface area contributed by atoms with Gasteiger partial charge in [0.15, 0.2) is 0 Å². The van der Waals surface area contributed by atoms with Crippen molar-refractivity contribution in [1.82, 2.24) is 4.98 Å². The van der Waals surface area contributed by atoms with Crippen LogP contribution in [-0.2, 0) is 11.2 Å². The highest BCUT2D eigenvalue weighted by Gasteiger charge is 2.12. The Kier molecular flexibility index (Phi) is 7.85. The molecule has 2 atom stereocenters. The zero-order valence-electron chi connectivity index (χ0n) is 14.9. The maximum absolute atomic E-state index is 10.2. The highest BCUT2D eigenvalue weighted by molar-refractivity contribution is 5.29. The van der Waals surface area contributed by atoms with Crippen LogP contribution in [0.3, 0.4) is 0 Å². The fourth-order valence-corrected chi connectivity index (χ4v) is 2.55. The maximum Gasteiger partial charge on any atom is 0.130 e. The molecule has 0 aliphatic carbocycles. The third kappa shape index (κ3) is 5.81. The van der Waals surface area contributed by atoms with Crippen molar-refractivity contribution in [1.29, 1.82) is 0 Å². The molecule has 2 N–H and O–H groups in total. The highest BCUT2D eigenvalue weighted by Crippen LogP contribution is 2.24. The molecular formula is C20H27NO4. The van der Waals surface area contributed by atoms with E-state index in [1.165, 1.54) is 0 Å². The van der Waals surface area contributed by atoms with E-state index in [0.717, 1.165) is 17.5 Å². The molecule has 0 aliphatic heterocycles. The molecule has 0 fully saturated rings. The molecule has 136 valence electrons. The predicted octanol–water partition coefficient (Wildman–Crippen LogP) is 3.22. The van der Waals surface area contributed by atoms with Gasteiger partial charge in [-0.3, -0.25) is 4.98 Å². The molecule has 0 spiro atoms. The van der Waals surface area contributed by atoms with Gasteiger partial charge < -0.3 is 19.7 Å². The summed E-state index contributed by atoms with van der Waals surface area (Å²) in [4.78, 5) is 4.27. The smallest absolute Gasteiger partial charge is 0.130 e. The summed E-state index contributed by atoms with van der Waals surface area (Å²) >= 11 is 0. The van der Waals surface area contributed by atoms with Crippen LogP contribution in [0.1, 0.15) is 49.3 Å². The number of hydrogen-bond donors (Lipinski definition) is 2. The largest absolute Gasteiger partial charge is 0.490 e. The summed E-state index contributed by atoms with van der Waals surface area (Å²) in [5, 5.41) is 19.3. The van der Waals surface area contributed by atoms with Crippen LogP contribution >= 0.6 is 0 Å². The van der Waals surface area contributed by atoms with Gasteiger partial charge in [0, 0.05) is 25.8 Å². The number of rotatable bonds is 10. The van der Waals surface area contributed by atoms with Gasteiger partial charge in [-0.15, -0.1) is 0 Å². The number of pyridine rings is 1. The van der Waals surface area contributed by atoms with Gasteiger partial charge >= 0.3 is 0 Å². The number of nitrogens with zero attached hydrogens (tertiary/aromatic N) is 1. The lowest BCUT2D eigenvalue weighted by atomic mass is 10.1. The van der Waals surface area contributed by atoms with Gasteiger partial charge in [0.25, 0.3) is 0 Å². The first-order valence-corrected chi connectivity index (χ1v) is 8.76. The lowest BCUT2D eigenvalue weighted by Gasteiger charge is -2.17. The average molecular weight is 345 g/mol. The van der Waals surface area contributed by atoms with Crippen molar-refractivity contribution in [3.05, 3.63) is 59.4 Å². The van der Waals surface area contributed by atoms with Gasteiger partial charge in [-0.25, -0.2) is 0 Å². The molecule has 5 nitrogen and oxygen atoms in total. The second kappa shape index (κ2) is 10.1. The first kappa shape index (κ1) is 19.4. The standard InChI is InChI=1S/C20H27NO4/c1-3-15-5-10-18(21-13-15)19(23)14-25-17-8-6-16(7-9-17)20(11-12-22)24-4-2/h5-10,13,19-20,22-23H,3-4,11-12,14H2,1-2H3. The van der Waals surface area contributed by atoms with Crippen LogP contribution in [0.25, 0.3) is 0 Å². The number of aliphatic hydroxyl groups is 2. The van der Waals surface area contributed by atoms with Crippen molar-refractivity contribution in [2.75, 3.05) is 19.8 Å². The number of ether oxygens (including phenoxy) is 2. The fourth-order valence-electron chi connectivity index (χ4n) is 2.55. The normalized spacial score (nSPS) is 13.4. The molecule has 2 aromatic rings. The Hall–Kier alpha value is -1.95. The van der Waals surface area contributed by atoms with Crippen LogP contribution in [0, 0.1) is 0 Å². The van der Waals surface area contributed by atoms with E-state index in [1.54, 1.807) is 6.20 Å². The molecule has 2 rings (SSSR count). The van der Waals surface area contributed by atoms with E-state index in [0.29, 0.717) is 24.5 Å². The summed E-state index contributed by atoms with van der Waals surface area (Å²) in [6.07, 6.45) is 2.38. The number of aryl methyl sites for hydroxylation is 1. The minimum Gasteiger partial charge on any atom is -0.490 e. The highest BCUT2D eigenvalue weighted by atomic mass is 16.5. The molecule has 0 aliphatic rings. The molecule has 2 unspecified atom stereocenters. The van der Waals surface area contributed by atoms with Gasteiger partial charge in [0.2, 0.25) is 0 Å². The van der Waals surface area contributed by atoms with Crippen LogP contribution in [0.4, 0.5) is 0 Å². The van der Waals surface area contributed by atoms with Gasteiger partial charge in [-0.1, -0.05) is 25.1 Å². The molecule has 0 radical (unpaired) electrons. The minimum absolute atomic E-state index is 0.0823. The first-order valence-electron chi connectivity index (χ1n) is 8.76. The Bertz CT molecular complexity index is 607. The second-order valence-electron chi connectivity index (χ2n) is 5.80. The van der Waals surface area contributed by atoms with Crippen LogP contribution in [0.2, 0.25) is 0 Å². The van der Waals surface area contributed by atoms with Crippen molar-refractivity contribution in [3.8, 4) is 5.75 Å². The fraction of sp³-hybridized carbons (Fsp3) is 0.450. The molecule has 1 aromatic heterocycles. The maximum atomic E-state index is 10.2. The Labute approximate surface area is 149 Å². The van der Waals surface area contributed by atoms with Crippen molar-refractivity contribution >= 4 is 0 Å². The second-order valence-corrected chi connectivity index (χ2v) is 5.80. The summed E-state index contributed by atoms with van der Waals surface area (Å²) in [5.74, 6) is 0.673. The van der Waals surface area contributed by atoms with E-state index in [-0.39, 0.29) is 19.3 Å². The van der Waals surface area contributed by atoms with Crippen molar-refractivity contribution in [2.24, 2.45) is 0 Å². The zero-order valence-corrected chi connectivity index (χ0v) is 14.9. The van der Waals surface area contributed by atoms with Crippen molar-refractivity contribution < 1.29 is 19.7 Å². The molecular weight excluding hydrogens is 318 g/mol. The Morgan fingerprint density at radius 2 is 1.84 bits per heavy atom. The molecule has 5 heteroatoms. The SMILES string of the molecule is CCOC(CCO)c1ccc(OCC(O)c2ccc(CC)cn2)cc1. The lowest BCUT2D eigenvalue weighted by Crippen LogP contribution is -2.11. The third-order valence-electron chi connectivity index (χ3n) is 4.02. The summed E-state index contributed by atoms with van der Waals surface area (Å²) in [7, 11) is 0.